The molecule has 0 spiro atoms. The maximum absolute atomic E-state index is 13.0. The number of fused-ring (bicyclic) bond motifs is 1. The molecule has 0 aromatic rings. The molecule has 2 rings (SSSR count). The zero-order valence-electron chi connectivity index (χ0n) is 17.0. The van der Waals surface area contributed by atoms with Gasteiger partial charge in [-0.15, -0.1) is 0 Å². The maximum atomic E-state index is 13.0. The van der Waals surface area contributed by atoms with Crippen LogP contribution < -0.4 is 0 Å². The third-order valence-corrected chi connectivity index (χ3v) is 6.64. The van der Waals surface area contributed by atoms with E-state index in [1.165, 1.54) is 6.92 Å². The van der Waals surface area contributed by atoms with Crippen molar-refractivity contribution < 1.29 is 19.1 Å². The first-order valence-corrected chi connectivity index (χ1v) is 9.89. The third-order valence-electron chi connectivity index (χ3n) is 6.64. The van der Waals surface area contributed by atoms with Crippen LogP contribution in [0.1, 0.15) is 79.6 Å². The summed E-state index contributed by atoms with van der Waals surface area (Å²) in [6.45, 7) is 13.4. The molecule has 4 nitrogen and oxygen atoms in total. The van der Waals surface area contributed by atoms with E-state index in [4.69, 9.17) is 4.74 Å². The van der Waals surface area contributed by atoms with Gasteiger partial charge in [-0.05, 0) is 57.8 Å². The van der Waals surface area contributed by atoms with Crippen molar-refractivity contribution >= 4 is 17.5 Å². The van der Waals surface area contributed by atoms with E-state index in [-0.39, 0.29) is 29.0 Å². The van der Waals surface area contributed by atoms with Crippen LogP contribution in [0.5, 0.6) is 0 Å². The molecule has 26 heavy (non-hydrogen) atoms. The van der Waals surface area contributed by atoms with Crippen molar-refractivity contribution in [3.8, 4) is 0 Å². The number of rotatable bonds is 5. The Balaban J connectivity index is 2.04. The van der Waals surface area contributed by atoms with Gasteiger partial charge in [-0.3, -0.25) is 14.4 Å². The van der Waals surface area contributed by atoms with Crippen molar-refractivity contribution in [2.24, 2.45) is 23.2 Å². The quantitative estimate of drug-likeness (QED) is 0.527. The first-order valence-electron chi connectivity index (χ1n) is 9.89. The molecule has 0 aromatic carbocycles. The van der Waals surface area contributed by atoms with Gasteiger partial charge in [0.2, 0.25) is 0 Å². The first-order chi connectivity index (χ1) is 12.0. The lowest BCUT2D eigenvalue weighted by molar-refractivity contribution is -0.156. The Bertz CT molecular complexity index is 603. The van der Waals surface area contributed by atoms with Crippen molar-refractivity contribution in [2.45, 2.75) is 85.2 Å². The summed E-state index contributed by atoms with van der Waals surface area (Å²) in [7, 11) is 0. The highest BCUT2D eigenvalue weighted by molar-refractivity contribution is 5.86. The summed E-state index contributed by atoms with van der Waals surface area (Å²) < 4.78 is 5.31. The molecular formula is C22H34O4. The highest BCUT2D eigenvalue weighted by Crippen LogP contribution is 2.58. The average Bonchev–Trinajstić information content (AvgIpc) is 2.56. The van der Waals surface area contributed by atoms with Crippen LogP contribution in [-0.4, -0.2) is 23.1 Å². The molecule has 0 aliphatic heterocycles. The number of ketones is 2. The second-order valence-corrected chi connectivity index (χ2v) is 9.21. The van der Waals surface area contributed by atoms with Gasteiger partial charge in [-0.25, -0.2) is 0 Å². The van der Waals surface area contributed by atoms with Crippen molar-refractivity contribution in [1.29, 1.82) is 0 Å². The van der Waals surface area contributed by atoms with Crippen LogP contribution in [0.15, 0.2) is 12.2 Å². The van der Waals surface area contributed by atoms with E-state index in [0.29, 0.717) is 31.0 Å². The highest BCUT2D eigenvalue weighted by atomic mass is 16.6. The molecule has 0 bridgehead atoms. The monoisotopic (exact) mass is 362 g/mol. The number of hydrogen-bond donors (Lipinski definition) is 0. The van der Waals surface area contributed by atoms with Gasteiger partial charge in [0.15, 0.2) is 0 Å². The van der Waals surface area contributed by atoms with E-state index in [2.05, 4.69) is 13.5 Å². The van der Waals surface area contributed by atoms with Crippen LogP contribution in [0.3, 0.4) is 0 Å². The predicted octanol–water partition coefficient (Wildman–Crippen LogP) is 4.66. The van der Waals surface area contributed by atoms with Gasteiger partial charge >= 0.3 is 5.97 Å². The number of esters is 1. The summed E-state index contributed by atoms with van der Waals surface area (Å²) in [5, 5.41) is 0. The van der Waals surface area contributed by atoms with Gasteiger partial charge in [-0.2, -0.15) is 0 Å². The van der Waals surface area contributed by atoms with Gasteiger partial charge in [0.05, 0.1) is 0 Å². The minimum absolute atomic E-state index is 0.0735. The molecule has 2 aliphatic carbocycles. The standard InChI is InChI=1S/C22H34O4/c1-14-8-10-19(24)15(2)7-9-18-17(14)13-22(18,6)20(25)11-12-21(4,5)26-16(3)23/h15,17-18H,1,7-13H2,2-6H3/t15-,17-,18-,22-/m0/s1. The molecule has 0 radical (unpaired) electrons. The van der Waals surface area contributed by atoms with E-state index >= 15 is 0 Å². The van der Waals surface area contributed by atoms with Gasteiger partial charge in [0, 0.05) is 31.1 Å². The van der Waals surface area contributed by atoms with E-state index in [9.17, 15) is 14.4 Å². The summed E-state index contributed by atoms with van der Waals surface area (Å²) in [6.07, 6.45) is 4.90. The SMILES string of the molecule is C=C1CCC(=O)[C@@H](C)CC[C@H]2[C@H]1C[C@]2(C)C(=O)CCC(C)(C)OC(C)=O. The lowest BCUT2D eigenvalue weighted by Crippen LogP contribution is -2.52. The normalized spacial score (nSPS) is 32.6. The molecule has 2 aliphatic rings. The molecule has 2 fully saturated rings. The Morgan fingerprint density at radius 2 is 1.92 bits per heavy atom. The smallest absolute Gasteiger partial charge is 0.303 e. The van der Waals surface area contributed by atoms with Crippen molar-refractivity contribution in [2.75, 3.05) is 0 Å². The second kappa shape index (κ2) is 7.66. The van der Waals surface area contributed by atoms with Gasteiger partial charge in [0.1, 0.15) is 17.2 Å². The van der Waals surface area contributed by atoms with E-state index in [1.54, 1.807) is 0 Å². The van der Waals surface area contributed by atoms with E-state index < -0.39 is 5.60 Å². The number of carbonyl (C=O) groups excluding carboxylic acids is 3. The van der Waals surface area contributed by atoms with Crippen LogP contribution in [0, 0.1) is 23.2 Å². The van der Waals surface area contributed by atoms with Gasteiger partial charge < -0.3 is 4.74 Å². The Labute approximate surface area is 157 Å². The summed E-state index contributed by atoms with van der Waals surface area (Å²) >= 11 is 0. The van der Waals surface area contributed by atoms with Crippen molar-refractivity contribution in [3.05, 3.63) is 12.2 Å². The minimum atomic E-state index is -0.621. The van der Waals surface area contributed by atoms with Crippen LogP contribution in [0.4, 0.5) is 0 Å². The number of ether oxygens (including phenoxy) is 1. The third kappa shape index (κ3) is 4.44. The fourth-order valence-corrected chi connectivity index (χ4v) is 4.75. The Hall–Kier alpha value is -1.45. The predicted molar refractivity (Wildman–Crippen MR) is 102 cm³/mol. The number of Topliss-reactive ketones (excluding diaryl/α,β-unsaturated/α-hetero) is 2. The topological polar surface area (TPSA) is 60.4 Å². The largest absolute Gasteiger partial charge is 0.460 e. The van der Waals surface area contributed by atoms with Crippen LogP contribution in [0.2, 0.25) is 0 Å². The van der Waals surface area contributed by atoms with Crippen LogP contribution in [-0.2, 0) is 19.1 Å². The number of hydrogen-bond acceptors (Lipinski definition) is 4. The molecular weight excluding hydrogens is 328 g/mol. The molecule has 0 saturated heterocycles. The summed E-state index contributed by atoms with van der Waals surface area (Å²) in [4.78, 5) is 36.4. The zero-order chi connectivity index (χ0) is 19.7. The zero-order valence-corrected chi connectivity index (χ0v) is 17.0. The molecule has 4 atom stereocenters. The number of carbonyl (C=O) groups is 3. The van der Waals surface area contributed by atoms with Gasteiger partial charge in [-0.1, -0.05) is 26.0 Å². The Morgan fingerprint density at radius 1 is 1.27 bits per heavy atom. The highest BCUT2D eigenvalue weighted by Gasteiger charge is 2.55. The maximum Gasteiger partial charge on any atom is 0.303 e. The average molecular weight is 363 g/mol. The molecule has 0 heterocycles. The summed E-state index contributed by atoms with van der Waals surface area (Å²) in [5.41, 5.74) is 0.180. The van der Waals surface area contributed by atoms with Crippen molar-refractivity contribution in [1.82, 2.24) is 0 Å². The van der Waals surface area contributed by atoms with Gasteiger partial charge in [0.25, 0.3) is 0 Å². The fourth-order valence-electron chi connectivity index (χ4n) is 4.75. The molecule has 0 unspecified atom stereocenters. The van der Waals surface area contributed by atoms with E-state index in [1.807, 2.05) is 20.8 Å². The molecule has 2 saturated carbocycles. The molecule has 4 heteroatoms. The first kappa shape index (κ1) is 20.9. The molecule has 0 N–H and O–H groups in total. The molecule has 146 valence electrons. The second-order valence-electron chi connectivity index (χ2n) is 9.21. The Morgan fingerprint density at radius 3 is 2.54 bits per heavy atom. The lowest BCUT2D eigenvalue weighted by Gasteiger charge is -2.54. The van der Waals surface area contributed by atoms with Crippen molar-refractivity contribution in [3.63, 3.8) is 0 Å². The fraction of sp³-hybridized carbons (Fsp3) is 0.773. The molecule has 0 aromatic heterocycles. The molecule has 0 amide bonds. The lowest BCUT2D eigenvalue weighted by atomic mass is 9.49. The van der Waals surface area contributed by atoms with Crippen LogP contribution in [0.25, 0.3) is 0 Å². The summed E-state index contributed by atoms with van der Waals surface area (Å²) in [5.74, 6) is 0.984. The Kier molecular flexibility index (Phi) is 6.14. The van der Waals surface area contributed by atoms with Crippen LogP contribution >= 0.6 is 0 Å². The summed E-state index contributed by atoms with van der Waals surface area (Å²) in [6, 6.07) is 0. The minimum Gasteiger partial charge on any atom is -0.460 e. The van der Waals surface area contributed by atoms with E-state index in [0.717, 1.165) is 31.3 Å². The number of allylic oxidation sites excluding steroid dienone is 1.